The lowest BCUT2D eigenvalue weighted by Crippen LogP contribution is -2.45. The Labute approximate surface area is 117 Å². The Hall–Kier alpha value is -1.13. The van der Waals surface area contributed by atoms with Crippen LogP contribution in [0.4, 0.5) is 0 Å². The maximum Gasteiger partial charge on any atom is 0.243 e. The quantitative estimate of drug-likeness (QED) is 0.790. The van der Waals surface area contributed by atoms with E-state index in [-0.39, 0.29) is 30.5 Å². The molecule has 2 rings (SSSR count). The molecule has 7 heteroatoms. The predicted octanol–water partition coefficient (Wildman–Crippen LogP) is 1.34. The van der Waals surface area contributed by atoms with Crippen molar-refractivity contribution in [2.75, 3.05) is 19.7 Å². The maximum absolute atomic E-state index is 12.4. The van der Waals surface area contributed by atoms with Crippen LogP contribution < -0.4 is 0 Å². The highest BCUT2D eigenvalue weighted by Crippen LogP contribution is 2.20. The van der Waals surface area contributed by atoms with Gasteiger partial charge in [0.15, 0.2) is 6.10 Å². The van der Waals surface area contributed by atoms with Crippen molar-refractivity contribution in [1.82, 2.24) is 4.31 Å². The van der Waals surface area contributed by atoms with Crippen LogP contribution in [0.2, 0.25) is 0 Å². The third-order valence-electron chi connectivity index (χ3n) is 2.86. The van der Waals surface area contributed by atoms with Crippen LogP contribution in [0.15, 0.2) is 29.2 Å². The summed E-state index contributed by atoms with van der Waals surface area (Å²) >= 11 is 5.71. The minimum absolute atomic E-state index is 0.0595. The first kappa shape index (κ1) is 14.3. The van der Waals surface area contributed by atoms with Gasteiger partial charge in [-0.15, -0.1) is 11.6 Å². The van der Waals surface area contributed by atoms with E-state index in [1.807, 2.05) is 6.07 Å². The van der Waals surface area contributed by atoms with Gasteiger partial charge in [0, 0.05) is 12.4 Å². The third kappa shape index (κ3) is 3.07. The van der Waals surface area contributed by atoms with Gasteiger partial charge in [0.2, 0.25) is 10.0 Å². The fraction of sp³-hybridized carbons (Fsp3) is 0.417. The van der Waals surface area contributed by atoms with Crippen LogP contribution in [0, 0.1) is 11.3 Å². The first-order valence-electron chi connectivity index (χ1n) is 5.74. The zero-order valence-corrected chi connectivity index (χ0v) is 11.7. The second-order valence-corrected chi connectivity index (χ2v) is 6.34. The molecule has 5 nitrogen and oxygen atoms in total. The van der Waals surface area contributed by atoms with Gasteiger partial charge in [-0.25, -0.2) is 8.42 Å². The molecule has 1 heterocycles. The molecule has 1 aliphatic heterocycles. The summed E-state index contributed by atoms with van der Waals surface area (Å²) in [7, 11) is -3.59. The van der Waals surface area contributed by atoms with E-state index < -0.39 is 16.1 Å². The summed E-state index contributed by atoms with van der Waals surface area (Å²) in [6.45, 7) is 0.544. The molecule has 0 N–H and O–H groups in total. The minimum atomic E-state index is -3.59. The Kier molecular flexibility index (Phi) is 4.42. The van der Waals surface area contributed by atoms with E-state index >= 15 is 0 Å². The van der Waals surface area contributed by atoms with Gasteiger partial charge in [-0.1, -0.05) is 12.1 Å². The van der Waals surface area contributed by atoms with Crippen LogP contribution in [0.3, 0.4) is 0 Å². The summed E-state index contributed by atoms with van der Waals surface area (Å²) < 4.78 is 31.3. The predicted molar refractivity (Wildman–Crippen MR) is 70.1 cm³/mol. The summed E-state index contributed by atoms with van der Waals surface area (Å²) in [4.78, 5) is 0.198. The second-order valence-electron chi connectivity index (χ2n) is 4.13. The highest BCUT2D eigenvalue weighted by Gasteiger charge is 2.30. The lowest BCUT2D eigenvalue weighted by atomic mass is 10.2. The number of sulfonamides is 1. The smallest absolute Gasteiger partial charge is 0.243 e. The fourth-order valence-electron chi connectivity index (χ4n) is 1.86. The van der Waals surface area contributed by atoms with Gasteiger partial charge in [0.1, 0.15) is 0 Å². The van der Waals surface area contributed by atoms with Gasteiger partial charge < -0.3 is 4.74 Å². The number of halogens is 1. The van der Waals surface area contributed by atoms with Crippen molar-refractivity contribution in [3.63, 3.8) is 0 Å². The molecule has 102 valence electrons. The number of nitrogens with zero attached hydrogens (tertiary/aromatic N) is 2. The summed E-state index contributed by atoms with van der Waals surface area (Å²) in [5, 5.41) is 8.81. The van der Waals surface area contributed by atoms with Gasteiger partial charge in [-0.05, 0) is 17.7 Å². The number of nitriles is 1. The molecule has 1 saturated heterocycles. The highest BCUT2D eigenvalue weighted by molar-refractivity contribution is 7.89. The van der Waals surface area contributed by atoms with E-state index in [4.69, 9.17) is 21.6 Å². The van der Waals surface area contributed by atoms with Crippen LogP contribution in [0.1, 0.15) is 5.56 Å². The van der Waals surface area contributed by atoms with Crippen LogP contribution in [0.5, 0.6) is 0 Å². The van der Waals surface area contributed by atoms with Crippen molar-refractivity contribution >= 4 is 21.6 Å². The van der Waals surface area contributed by atoms with E-state index in [0.29, 0.717) is 0 Å². The van der Waals surface area contributed by atoms with Crippen LogP contribution in [-0.4, -0.2) is 38.5 Å². The highest BCUT2D eigenvalue weighted by atomic mass is 35.5. The normalized spacial score (nSPS) is 20.9. The van der Waals surface area contributed by atoms with Crippen LogP contribution in [-0.2, 0) is 20.6 Å². The Morgan fingerprint density at radius 3 is 3.00 bits per heavy atom. The molecule has 0 spiro atoms. The number of hydrogen-bond acceptors (Lipinski definition) is 4. The molecule has 1 aromatic carbocycles. The molecule has 1 atom stereocenters. The van der Waals surface area contributed by atoms with Crippen molar-refractivity contribution in [3.05, 3.63) is 29.8 Å². The first-order chi connectivity index (χ1) is 9.07. The Morgan fingerprint density at radius 1 is 1.53 bits per heavy atom. The average molecular weight is 301 g/mol. The molecule has 1 aliphatic rings. The van der Waals surface area contributed by atoms with E-state index in [0.717, 1.165) is 5.56 Å². The number of morpholine rings is 1. The van der Waals surface area contributed by atoms with E-state index in [9.17, 15) is 8.42 Å². The van der Waals surface area contributed by atoms with Gasteiger partial charge in [-0.2, -0.15) is 9.57 Å². The number of rotatable bonds is 3. The Morgan fingerprint density at radius 2 is 2.32 bits per heavy atom. The summed E-state index contributed by atoms with van der Waals surface area (Å²) in [5.41, 5.74) is 0.743. The molecule has 1 aromatic rings. The van der Waals surface area contributed by atoms with Crippen molar-refractivity contribution in [1.29, 1.82) is 5.26 Å². The molecule has 0 aromatic heterocycles. The standard InChI is InChI=1S/C12H13ClN2O3S/c13-7-10-2-1-3-12(6-10)19(16,17)15-4-5-18-11(8-14)9-15/h1-3,6,11H,4-5,7,9H2. The van der Waals surface area contributed by atoms with Gasteiger partial charge in [0.05, 0.1) is 24.1 Å². The molecule has 1 unspecified atom stereocenters. The van der Waals surface area contributed by atoms with Crippen LogP contribution >= 0.6 is 11.6 Å². The largest absolute Gasteiger partial charge is 0.361 e. The number of benzene rings is 1. The second kappa shape index (κ2) is 5.88. The topological polar surface area (TPSA) is 70.4 Å². The van der Waals surface area contributed by atoms with Crippen molar-refractivity contribution < 1.29 is 13.2 Å². The van der Waals surface area contributed by atoms with Crippen molar-refractivity contribution in [3.8, 4) is 6.07 Å². The van der Waals surface area contributed by atoms with Gasteiger partial charge in [-0.3, -0.25) is 0 Å². The van der Waals surface area contributed by atoms with Crippen molar-refractivity contribution in [2.45, 2.75) is 16.9 Å². The van der Waals surface area contributed by atoms with E-state index in [2.05, 4.69) is 0 Å². The first-order valence-corrected chi connectivity index (χ1v) is 7.71. The monoisotopic (exact) mass is 300 g/mol. The summed E-state index contributed by atoms with van der Waals surface area (Å²) in [6.07, 6.45) is -0.709. The Balaban J connectivity index is 2.29. The Bertz CT molecular complexity index is 597. The van der Waals surface area contributed by atoms with Crippen LogP contribution in [0.25, 0.3) is 0 Å². The molecule has 0 saturated carbocycles. The molecule has 0 radical (unpaired) electrons. The SMILES string of the molecule is N#CC1CN(S(=O)(=O)c2cccc(CCl)c2)CCO1. The lowest BCUT2D eigenvalue weighted by Gasteiger charge is -2.29. The van der Waals surface area contributed by atoms with Crippen molar-refractivity contribution in [2.24, 2.45) is 0 Å². The van der Waals surface area contributed by atoms with Gasteiger partial charge in [0.25, 0.3) is 0 Å². The average Bonchev–Trinajstić information content (AvgIpc) is 2.47. The summed E-state index contributed by atoms with van der Waals surface area (Å²) in [5.74, 6) is 0.257. The fourth-order valence-corrected chi connectivity index (χ4v) is 3.52. The zero-order chi connectivity index (χ0) is 13.9. The molecule has 19 heavy (non-hydrogen) atoms. The third-order valence-corrected chi connectivity index (χ3v) is 5.03. The molecule has 0 bridgehead atoms. The molecule has 0 aliphatic carbocycles. The maximum atomic E-state index is 12.4. The summed E-state index contributed by atoms with van der Waals surface area (Å²) in [6, 6.07) is 8.44. The molecule has 1 fully saturated rings. The zero-order valence-electron chi connectivity index (χ0n) is 10.1. The molecule has 0 amide bonds. The van der Waals surface area contributed by atoms with Gasteiger partial charge >= 0.3 is 0 Å². The molecular weight excluding hydrogens is 288 g/mol. The lowest BCUT2D eigenvalue weighted by molar-refractivity contribution is 0.0311. The number of alkyl halides is 1. The van der Waals surface area contributed by atoms with E-state index in [1.54, 1.807) is 18.2 Å². The van der Waals surface area contributed by atoms with E-state index in [1.165, 1.54) is 10.4 Å². The number of hydrogen-bond donors (Lipinski definition) is 0. The number of ether oxygens (including phenoxy) is 1. The minimum Gasteiger partial charge on any atom is -0.361 e. The molecular formula is C12H13ClN2O3S.